The van der Waals surface area contributed by atoms with Gasteiger partial charge in [-0.15, -0.1) is 0 Å². The fraction of sp³-hybridized carbons (Fsp3) is 0.529. The number of piperazine rings is 1. The van der Waals surface area contributed by atoms with Gasteiger partial charge in [-0.1, -0.05) is 12.1 Å². The molecule has 1 saturated heterocycles. The van der Waals surface area contributed by atoms with Gasteiger partial charge in [-0.3, -0.25) is 14.5 Å². The molecule has 6 nitrogen and oxygen atoms in total. The van der Waals surface area contributed by atoms with Crippen molar-refractivity contribution >= 4 is 11.9 Å². The number of hydrogen-bond donors (Lipinski definition) is 1. The molecular formula is C17H24N2O4. The molecule has 0 aromatic heterocycles. The summed E-state index contributed by atoms with van der Waals surface area (Å²) in [4.78, 5) is 27.0. The van der Waals surface area contributed by atoms with Crippen LogP contribution >= 0.6 is 0 Å². The molecule has 1 aromatic rings. The molecule has 126 valence electrons. The molecule has 0 bridgehead atoms. The van der Waals surface area contributed by atoms with Crippen LogP contribution in [0.5, 0.6) is 5.75 Å². The minimum atomic E-state index is -0.815. The molecule has 1 aliphatic rings. The summed E-state index contributed by atoms with van der Waals surface area (Å²) in [6.45, 7) is 4.10. The van der Waals surface area contributed by atoms with Crippen molar-refractivity contribution < 1.29 is 19.4 Å². The van der Waals surface area contributed by atoms with Crippen LogP contribution in [0.4, 0.5) is 0 Å². The molecule has 1 fully saturated rings. The number of aryl methyl sites for hydroxylation is 1. The summed E-state index contributed by atoms with van der Waals surface area (Å²) in [6.07, 6.45) is 1.18. The summed E-state index contributed by atoms with van der Waals surface area (Å²) in [5.41, 5.74) is 1.11. The standard InChI is InChI=1S/C17H24N2O4/c1-13(17(21)22)18-9-11-19(12-10-18)16(20)8-5-14-3-6-15(23-2)7-4-14/h3-4,6-7,13H,5,8-12H2,1-2H3,(H,21,22). The van der Waals surface area contributed by atoms with Gasteiger partial charge in [0, 0.05) is 32.6 Å². The third kappa shape index (κ3) is 4.69. The van der Waals surface area contributed by atoms with Crippen LogP contribution in [0, 0.1) is 0 Å². The summed E-state index contributed by atoms with van der Waals surface area (Å²) >= 11 is 0. The van der Waals surface area contributed by atoms with E-state index < -0.39 is 12.0 Å². The number of carbonyl (C=O) groups is 2. The van der Waals surface area contributed by atoms with Crippen molar-refractivity contribution in [1.82, 2.24) is 9.80 Å². The van der Waals surface area contributed by atoms with Crippen molar-refractivity contribution in [3.8, 4) is 5.75 Å². The fourth-order valence-corrected chi connectivity index (χ4v) is 2.72. The molecule has 2 rings (SSSR count). The highest BCUT2D eigenvalue weighted by atomic mass is 16.5. The van der Waals surface area contributed by atoms with E-state index in [0.717, 1.165) is 11.3 Å². The van der Waals surface area contributed by atoms with Crippen molar-refractivity contribution in [1.29, 1.82) is 0 Å². The largest absolute Gasteiger partial charge is 0.497 e. The molecule has 1 aliphatic heterocycles. The lowest BCUT2D eigenvalue weighted by atomic mass is 10.1. The number of aliphatic carboxylic acids is 1. The Morgan fingerprint density at radius 1 is 1.17 bits per heavy atom. The van der Waals surface area contributed by atoms with Crippen molar-refractivity contribution in [2.45, 2.75) is 25.8 Å². The lowest BCUT2D eigenvalue weighted by molar-refractivity contribution is -0.144. The highest BCUT2D eigenvalue weighted by molar-refractivity contribution is 5.76. The number of benzene rings is 1. The van der Waals surface area contributed by atoms with Crippen LogP contribution < -0.4 is 4.74 Å². The van der Waals surface area contributed by atoms with Crippen LogP contribution in [0.1, 0.15) is 18.9 Å². The van der Waals surface area contributed by atoms with Crippen LogP contribution in [0.2, 0.25) is 0 Å². The number of carboxylic acid groups (broad SMARTS) is 1. The third-order valence-corrected chi connectivity index (χ3v) is 4.36. The van der Waals surface area contributed by atoms with Crippen molar-refractivity contribution in [2.24, 2.45) is 0 Å². The Hall–Kier alpha value is -2.08. The first-order chi connectivity index (χ1) is 11.0. The molecule has 0 spiro atoms. The van der Waals surface area contributed by atoms with Gasteiger partial charge in [0.2, 0.25) is 5.91 Å². The zero-order valence-corrected chi connectivity index (χ0v) is 13.7. The predicted molar refractivity (Wildman–Crippen MR) is 86.6 cm³/mol. The number of carboxylic acids is 1. The molecule has 1 amide bonds. The van der Waals surface area contributed by atoms with Gasteiger partial charge in [-0.2, -0.15) is 0 Å². The second-order valence-corrected chi connectivity index (χ2v) is 5.78. The fourth-order valence-electron chi connectivity index (χ4n) is 2.72. The van der Waals surface area contributed by atoms with E-state index in [2.05, 4.69) is 0 Å². The maximum atomic E-state index is 12.3. The Morgan fingerprint density at radius 3 is 2.30 bits per heavy atom. The number of rotatable bonds is 6. The van der Waals surface area contributed by atoms with Gasteiger partial charge in [0.1, 0.15) is 11.8 Å². The topological polar surface area (TPSA) is 70.1 Å². The SMILES string of the molecule is COc1ccc(CCC(=O)N2CCN(C(C)C(=O)O)CC2)cc1. The highest BCUT2D eigenvalue weighted by Crippen LogP contribution is 2.14. The quantitative estimate of drug-likeness (QED) is 0.854. The van der Waals surface area contributed by atoms with Gasteiger partial charge in [-0.05, 0) is 31.0 Å². The van der Waals surface area contributed by atoms with E-state index in [-0.39, 0.29) is 5.91 Å². The van der Waals surface area contributed by atoms with E-state index in [1.165, 1.54) is 0 Å². The summed E-state index contributed by atoms with van der Waals surface area (Å²) < 4.78 is 5.11. The van der Waals surface area contributed by atoms with E-state index >= 15 is 0 Å². The molecule has 0 aliphatic carbocycles. The smallest absolute Gasteiger partial charge is 0.320 e. The minimum Gasteiger partial charge on any atom is -0.497 e. The van der Waals surface area contributed by atoms with Gasteiger partial charge in [-0.25, -0.2) is 0 Å². The average molecular weight is 320 g/mol. The van der Waals surface area contributed by atoms with Crippen molar-refractivity contribution in [2.75, 3.05) is 33.3 Å². The molecule has 6 heteroatoms. The number of carbonyl (C=O) groups excluding carboxylic acids is 1. The number of ether oxygens (including phenoxy) is 1. The van der Waals surface area contributed by atoms with E-state index in [1.807, 2.05) is 34.1 Å². The molecule has 1 aromatic carbocycles. The Labute approximate surface area is 136 Å². The Kier molecular flexibility index (Phi) is 5.98. The summed E-state index contributed by atoms with van der Waals surface area (Å²) in [7, 11) is 1.63. The van der Waals surface area contributed by atoms with Crippen molar-refractivity contribution in [3.63, 3.8) is 0 Å². The number of nitrogens with zero attached hydrogens (tertiary/aromatic N) is 2. The van der Waals surface area contributed by atoms with Gasteiger partial charge >= 0.3 is 5.97 Å². The molecule has 0 saturated carbocycles. The van der Waals surface area contributed by atoms with Crippen LogP contribution in [0.15, 0.2) is 24.3 Å². The summed E-state index contributed by atoms with van der Waals surface area (Å²) in [5.74, 6) is 0.122. The van der Waals surface area contributed by atoms with Gasteiger partial charge in [0.25, 0.3) is 0 Å². The first-order valence-corrected chi connectivity index (χ1v) is 7.89. The van der Waals surface area contributed by atoms with E-state index in [9.17, 15) is 9.59 Å². The third-order valence-electron chi connectivity index (χ3n) is 4.36. The van der Waals surface area contributed by atoms with Gasteiger partial charge in [0.15, 0.2) is 0 Å². The van der Waals surface area contributed by atoms with Crippen LogP contribution in [-0.4, -0.2) is 66.1 Å². The Morgan fingerprint density at radius 2 is 1.78 bits per heavy atom. The van der Waals surface area contributed by atoms with Crippen LogP contribution in [0.25, 0.3) is 0 Å². The second-order valence-electron chi connectivity index (χ2n) is 5.78. The van der Waals surface area contributed by atoms with Crippen molar-refractivity contribution in [3.05, 3.63) is 29.8 Å². The Balaban J connectivity index is 1.77. The molecule has 23 heavy (non-hydrogen) atoms. The second kappa shape index (κ2) is 7.97. The molecule has 1 heterocycles. The van der Waals surface area contributed by atoms with Gasteiger partial charge < -0.3 is 14.7 Å². The molecular weight excluding hydrogens is 296 g/mol. The van der Waals surface area contributed by atoms with E-state index in [4.69, 9.17) is 9.84 Å². The lowest BCUT2D eigenvalue weighted by Gasteiger charge is -2.36. The van der Waals surface area contributed by atoms with Crippen LogP contribution in [-0.2, 0) is 16.0 Å². The molecule has 0 radical (unpaired) electrons. The Bertz CT molecular complexity index is 536. The first-order valence-electron chi connectivity index (χ1n) is 7.89. The number of methoxy groups -OCH3 is 1. The lowest BCUT2D eigenvalue weighted by Crippen LogP contribution is -2.53. The first kappa shape index (κ1) is 17.3. The molecule has 1 atom stereocenters. The predicted octanol–water partition coefficient (Wildman–Crippen LogP) is 1.25. The molecule has 1 N–H and O–H groups in total. The monoisotopic (exact) mass is 320 g/mol. The summed E-state index contributed by atoms with van der Waals surface area (Å²) in [6, 6.07) is 7.24. The number of amides is 1. The van der Waals surface area contributed by atoms with E-state index in [0.29, 0.717) is 39.0 Å². The number of hydrogen-bond acceptors (Lipinski definition) is 4. The molecule has 1 unspecified atom stereocenters. The average Bonchev–Trinajstić information content (AvgIpc) is 2.59. The van der Waals surface area contributed by atoms with Crippen LogP contribution in [0.3, 0.4) is 0 Å². The maximum Gasteiger partial charge on any atom is 0.320 e. The van der Waals surface area contributed by atoms with E-state index in [1.54, 1.807) is 14.0 Å². The minimum absolute atomic E-state index is 0.128. The zero-order valence-electron chi connectivity index (χ0n) is 13.7. The summed E-state index contributed by atoms with van der Waals surface area (Å²) in [5, 5.41) is 9.03. The van der Waals surface area contributed by atoms with Gasteiger partial charge in [0.05, 0.1) is 7.11 Å². The highest BCUT2D eigenvalue weighted by Gasteiger charge is 2.26. The zero-order chi connectivity index (χ0) is 16.8. The maximum absolute atomic E-state index is 12.3. The normalized spacial score (nSPS) is 16.9.